The van der Waals surface area contributed by atoms with Crippen molar-refractivity contribution < 1.29 is 5.11 Å². The van der Waals surface area contributed by atoms with Crippen LogP contribution in [0, 0.1) is 0 Å². The van der Waals surface area contributed by atoms with Crippen molar-refractivity contribution in [2.45, 2.75) is 19.3 Å². The first kappa shape index (κ1) is 16.7. The molecule has 4 aromatic rings. The SMILES string of the molecule is O=c1[nH]c2ccc(CCc3[nH]ncc3-c3ccc(CCO)cn3)cc2s1. The molecule has 6 nitrogen and oxygen atoms in total. The summed E-state index contributed by atoms with van der Waals surface area (Å²) in [6, 6.07) is 10.0. The van der Waals surface area contributed by atoms with Gasteiger partial charge in [-0.3, -0.25) is 14.9 Å². The van der Waals surface area contributed by atoms with E-state index < -0.39 is 0 Å². The van der Waals surface area contributed by atoms with Crippen LogP contribution in [0.25, 0.3) is 21.5 Å². The van der Waals surface area contributed by atoms with Crippen LogP contribution in [0.15, 0.2) is 47.5 Å². The van der Waals surface area contributed by atoms with E-state index >= 15 is 0 Å². The number of thiazole rings is 1. The van der Waals surface area contributed by atoms with Gasteiger partial charge in [0.25, 0.3) is 0 Å². The average Bonchev–Trinajstić information content (AvgIpc) is 3.25. The van der Waals surface area contributed by atoms with E-state index in [0.717, 1.165) is 45.6 Å². The molecule has 0 amide bonds. The molecule has 0 saturated carbocycles. The zero-order valence-electron chi connectivity index (χ0n) is 14.0. The maximum absolute atomic E-state index is 11.4. The largest absolute Gasteiger partial charge is 0.396 e. The highest BCUT2D eigenvalue weighted by Gasteiger charge is 2.10. The minimum absolute atomic E-state index is 0.0243. The summed E-state index contributed by atoms with van der Waals surface area (Å²) in [5, 5.41) is 16.2. The summed E-state index contributed by atoms with van der Waals surface area (Å²) in [6.45, 7) is 0.123. The third kappa shape index (κ3) is 3.44. The van der Waals surface area contributed by atoms with Crippen LogP contribution < -0.4 is 4.87 Å². The Morgan fingerprint density at radius 1 is 1.04 bits per heavy atom. The second-order valence-corrected chi connectivity index (χ2v) is 7.15. The molecule has 0 saturated heterocycles. The number of aliphatic hydroxyl groups is 1. The zero-order valence-corrected chi connectivity index (χ0v) is 14.8. The Balaban J connectivity index is 1.51. The van der Waals surface area contributed by atoms with Crippen molar-refractivity contribution in [3.63, 3.8) is 0 Å². The molecule has 1 aromatic carbocycles. The molecule has 0 bridgehead atoms. The van der Waals surface area contributed by atoms with Crippen LogP contribution in [0.2, 0.25) is 0 Å². The second-order valence-electron chi connectivity index (χ2n) is 6.13. The Hall–Kier alpha value is -2.77. The van der Waals surface area contributed by atoms with Gasteiger partial charge in [0.15, 0.2) is 0 Å². The fourth-order valence-corrected chi connectivity index (χ4v) is 3.80. The van der Waals surface area contributed by atoms with Crippen molar-refractivity contribution in [1.29, 1.82) is 0 Å². The standard InChI is InChI=1S/C19H18N4O2S/c24-8-7-13-3-4-15(20-10-13)14-11-21-23-16(14)5-1-12-2-6-17-18(9-12)26-19(25)22-17/h2-4,6,9-11,24H,1,5,7-8H2,(H,21,23)(H,22,25). The molecule has 4 rings (SSSR count). The summed E-state index contributed by atoms with van der Waals surface area (Å²) in [7, 11) is 0. The number of fused-ring (bicyclic) bond motifs is 1. The Morgan fingerprint density at radius 3 is 2.73 bits per heavy atom. The monoisotopic (exact) mass is 366 g/mol. The van der Waals surface area contributed by atoms with Gasteiger partial charge in [0.1, 0.15) is 0 Å². The van der Waals surface area contributed by atoms with Crippen LogP contribution in [-0.2, 0) is 19.3 Å². The maximum Gasteiger partial charge on any atom is 0.305 e. The summed E-state index contributed by atoms with van der Waals surface area (Å²) < 4.78 is 0.985. The van der Waals surface area contributed by atoms with Crippen molar-refractivity contribution in [2.24, 2.45) is 0 Å². The van der Waals surface area contributed by atoms with Gasteiger partial charge in [-0.25, -0.2) is 0 Å². The number of aliphatic hydroxyl groups excluding tert-OH is 1. The normalized spacial score (nSPS) is 11.3. The number of nitrogens with zero attached hydrogens (tertiary/aromatic N) is 2. The molecule has 3 aromatic heterocycles. The highest BCUT2D eigenvalue weighted by molar-refractivity contribution is 7.16. The minimum Gasteiger partial charge on any atom is -0.396 e. The summed E-state index contributed by atoms with van der Waals surface area (Å²) >= 11 is 1.24. The van der Waals surface area contributed by atoms with Crippen molar-refractivity contribution in [3.8, 4) is 11.3 Å². The molecule has 7 heteroatoms. The Labute approximate surface area is 153 Å². The van der Waals surface area contributed by atoms with Gasteiger partial charge < -0.3 is 10.1 Å². The summed E-state index contributed by atoms with van der Waals surface area (Å²) in [4.78, 5) is 18.7. The second kappa shape index (κ2) is 7.23. The van der Waals surface area contributed by atoms with E-state index in [-0.39, 0.29) is 11.5 Å². The van der Waals surface area contributed by atoms with Gasteiger partial charge in [0.2, 0.25) is 0 Å². The number of nitrogens with one attached hydrogen (secondary N) is 2. The van der Waals surface area contributed by atoms with Crippen LogP contribution in [-0.4, -0.2) is 31.9 Å². The summed E-state index contributed by atoms with van der Waals surface area (Å²) in [5.41, 5.74) is 5.98. The van der Waals surface area contributed by atoms with E-state index in [1.54, 1.807) is 12.4 Å². The Kier molecular flexibility index (Phi) is 4.64. The molecule has 0 aliphatic rings. The quantitative estimate of drug-likeness (QED) is 0.489. The van der Waals surface area contributed by atoms with E-state index in [2.05, 4.69) is 26.2 Å². The van der Waals surface area contributed by atoms with Crippen LogP contribution >= 0.6 is 11.3 Å². The highest BCUT2D eigenvalue weighted by atomic mass is 32.1. The number of hydrogen-bond donors (Lipinski definition) is 3. The molecule has 0 unspecified atom stereocenters. The number of pyridine rings is 1. The van der Waals surface area contributed by atoms with E-state index in [1.807, 2.05) is 24.3 Å². The average molecular weight is 366 g/mol. The zero-order chi connectivity index (χ0) is 17.9. The van der Waals surface area contributed by atoms with Gasteiger partial charge in [-0.2, -0.15) is 5.10 Å². The molecule has 26 heavy (non-hydrogen) atoms. The molecular weight excluding hydrogens is 348 g/mol. The number of H-pyrrole nitrogens is 2. The molecule has 132 valence electrons. The van der Waals surface area contributed by atoms with E-state index in [9.17, 15) is 4.79 Å². The van der Waals surface area contributed by atoms with Crippen molar-refractivity contribution in [2.75, 3.05) is 6.61 Å². The van der Waals surface area contributed by atoms with Crippen LogP contribution in [0.1, 0.15) is 16.8 Å². The summed E-state index contributed by atoms with van der Waals surface area (Å²) in [6.07, 6.45) is 5.86. The fourth-order valence-electron chi connectivity index (χ4n) is 3.00. The fraction of sp³-hybridized carbons (Fsp3) is 0.211. The van der Waals surface area contributed by atoms with Crippen molar-refractivity contribution in [3.05, 3.63) is 69.2 Å². The van der Waals surface area contributed by atoms with E-state index in [0.29, 0.717) is 6.42 Å². The van der Waals surface area contributed by atoms with Crippen molar-refractivity contribution in [1.82, 2.24) is 20.2 Å². The predicted octanol–water partition coefficient (Wildman–Crippen LogP) is 2.69. The van der Waals surface area contributed by atoms with Gasteiger partial charge >= 0.3 is 4.87 Å². The topological polar surface area (TPSA) is 94.7 Å². The number of hydrogen-bond acceptors (Lipinski definition) is 5. The van der Waals surface area contributed by atoms with Gasteiger partial charge in [0, 0.05) is 24.1 Å². The number of aryl methyl sites for hydroxylation is 2. The number of aromatic amines is 2. The molecule has 0 aliphatic heterocycles. The minimum atomic E-state index is -0.0243. The molecule has 0 fully saturated rings. The van der Waals surface area contributed by atoms with Crippen LogP contribution in [0.5, 0.6) is 0 Å². The van der Waals surface area contributed by atoms with Crippen molar-refractivity contribution >= 4 is 21.6 Å². The number of aromatic nitrogens is 4. The van der Waals surface area contributed by atoms with Crippen LogP contribution in [0.3, 0.4) is 0 Å². The molecule has 0 atom stereocenters. The highest BCUT2D eigenvalue weighted by Crippen LogP contribution is 2.23. The third-order valence-electron chi connectivity index (χ3n) is 4.37. The molecule has 0 spiro atoms. The lowest BCUT2D eigenvalue weighted by molar-refractivity contribution is 0.299. The van der Waals surface area contributed by atoms with Gasteiger partial charge in [-0.1, -0.05) is 23.5 Å². The van der Waals surface area contributed by atoms with Gasteiger partial charge in [-0.15, -0.1) is 0 Å². The number of benzene rings is 1. The lowest BCUT2D eigenvalue weighted by Crippen LogP contribution is -1.96. The third-order valence-corrected chi connectivity index (χ3v) is 5.21. The predicted molar refractivity (Wildman–Crippen MR) is 102 cm³/mol. The lowest BCUT2D eigenvalue weighted by atomic mass is 10.0. The van der Waals surface area contributed by atoms with Crippen LogP contribution in [0.4, 0.5) is 0 Å². The molecular formula is C19H18N4O2S. The Morgan fingerprint density at radius 2 is 1.92 bits per heavy atom. The van der Waals surface area contributed by atoms with Gasteiger partial charge in [-0.05, 0) is 48.6 Å². The molecule has 0 aliphatic carbocycles. The smallest absolute Gasteiger partial charge is 0.305 e. The molecule has 3 heterocycles. The summed E-state index contributed by atoms with van der Waals surface area (Å²) in [5.74, 6) is 0. The van der Waals surface area contributed by atoms with E-state index in [1.165, 1.54) is 16.9 Å². The molecule has 0 radical (unpaired) electrons. The maximum atomic E-state index is 11.4. The first-order valence-electron chi connectivity index (χ1n) is 8.43. The first-order valence-corrected chi connectivity index (χ1v) is 9.25. The molecule has 3 N–H and O–H groups in total. The first-order chi connectivity index (χ1) is 12.7. The number of rotatable bonds is 6. The van der Waals surface area contributed by atoms with Gasteiger partial charge in [0.05, 0.1) is 22.1 Å². The lowest BCUT2D eigenvalue weighted by Gasteiger charge is -2.05. The van der Waals surface area contributed by atoms with E-state index in [4.69, 9.17) is 5.11 Å². The Bertz CT molecular complexity index is 1080.